The molecule has 1 saturated carbocycles. The first-order valence-electron chi connectivity index (χ1n) is 4.49. The maximum Gasteiger partial charge on any atom is 0.134 e. The van der Waals surface area contributed by atoms with Gasteiger partial charge in [-0.15, -0.1) is 0 Å². The van der Waals surface area contributed by atoms with Crippen molar-refractivity contribution in [1.29, 1.82) is 0 Å². The van der Waals surface area contributed by atoms with Crippen molar-refractivity contribution >= 4 is 5.82 Å². The average Bonchev–Trinajstić information content (AvgIpc) is 2.85. The molecular formula is C10H14N2O. The largest absolute Gasteiger partial charge is 0.385 e. The van der Waals surface area contributed by atoms with Gasteiger partial charge in [0.25, 0.3) is 0 Å². The van der Waals surface area contributed by atoms with E-state index < -0.39 is 5.60 Å². The number of rotatable bonds is 2. The van der Waals surface area contributed by atoms with Crippen LogP contribution in [0.2, 0.25) is 0 Å². The summed E-state index contributed by atoms with van der Waals surface area (Å²) in [6.45, 7) is 0. The highest BCUT2D eigenvalue weighted by molar-refractivity contribution is 5.50. The number of hydrogen-bond acceptors (Lipinski definition) is 3. The third-order valence-corrected chi connectivity index (χ3v) is 2.44. The van der Waals surface area contributed by atoms with Crippen LogP contribution in [0.3, 0.4) is 0 Å². The zero-order valence-corrected chi connectivity index (χ0v) is 7.99. The van der Waals surface area contributed by atoms with Gasteiger partial charge in [-0.3, -0.25) is 0 Å². The molecular weight excluding hydrogens is 164 g/mol. The molecule has 0 spiro atoms. The lowest BCUT2D eigenvalue weighted by atomic mass is 10.1. The van der Waals surface area contributed by atoms with Crippen molar-refractivity contribution in [3.8, 4) is 0 Å². The molecule has 0 unspecified atom stereocenters. The smallest absolute Gasteiger partial charge is 0.134 e. The van der Waals surface area contributed by atoms with Crippen molar-refractivity contribution in [2.45, 2.75) is 18.4 Å². The number of aromatic nitrogens is 1. The summed E-state index contributed by atoms with van der Waals surface area (Å²) in [5.41, 5.74) is 0.369. The van der Waals surface area contributed by atoms with Gasteiger partial charge in [-0.2, -0.15) is 0 Å². The quantitative estimate of drug-likeness (QED) is 0.737. The second kappa shape index (κ2) is 2.70. The molecule has 1 aliphatic rings. The standard InChI is InChI=1S/C10H14N2O/c1-12(2)9-8(4-3-7-11-9)10(13)5-6-10/h3-4,7,13H,5-6H2,1-2H3. The van der Waals surface area contributed by atoms with E-state index in [9.17, 15) is 5.11 Å². The number of hydrogen-bond donors (Lipinski definition) is 1. The number of anilines is 1. The van der Waals surface area contributed by atoms with E-state index in [0.29, 0.717) is 0 Å². The van der Waals surface area contributed by atoms with E-state index in [0.717, 1.165) is 24.2 Å². The van der Waals surface area contributed by atoms with Crippen LogP contribution in [0.4, 0.5) is 5.82 Å². The summed E-state index contributed by atoms with van der Waals surface area (Å²) >= 11 is 0. The van der Waals surface area contributed by atoms with Crippen LogP contribution in [-0.2, 0) is 5.60 Å². The minimum Gasteiger partial charge on any atom is -0.385 e. The molecule has 0 radical (unpaired) electrons. The third kappa shape index (κ3) is 1.40. The van der Waals surface area contributed by atoms with Crippen molar-refractivity contribution < 1.29 is 5.11 Å². The first-order valence-corrected chi connectivity index (χ1v) is 4.49. The van der Waals surface area contributed by atoms with Gasteiger partial charge in [0.05, 0.1) is 5.60 Å². The molecule has 13 heavy (non-hydrogen) atoms. The van der Waals surface area contributed by atoms with Crippen LogP contribution >= 0.6 is 0 Å². The summed E-state index contributed by atoms with van der Waals surface area (Å²) in [6.07, 6.45) is 3.48. The van der Waals surface area contributed by atoms with Crippen molar-refractivity contribution in [1.82, 2.24) is 4.98 Å². The van der Waals surface area contributed by atoms with Crippen molar-refractivity contribution in [3.05, 3.63) is 23.9 Å². The van der Waals surface area contributed by atoms with Crippen molar-refractivity contribution in [3.63, 3.8) is 0 Å². The Hall–Kier alpha value is -1.09. The topological polar surface area (TPSA) is 36.4 Å². The highest BCUT2D eigenvalue weighted by Gasteiger charge is 2.44. The van der Waals surface area contributed by atoms with Crippen molar-refractivity contribution in [2.24, 2.45) is 0 Å². The molecule has 3 heteroatoms. The van der Waals surface area contributed by atoms with Crippen LogP contribution in [0.25, 0.3) is 0 Å². The molecule has 1 N–H and O–H groups in total. The van der Waals surface area contributed by atoms with E-state index in [-0.39, 0.29) is 0 Å². The van der Waals surface area contributed by atoms with Gasteiger partial charge in [-0.25, -0.2) is 4.98 Å². The number of nitrogens with zero attached hydrogens (tertiary/aromatic N) is 2. The summed E-state index contributed by atoms with van der Waals surface area (Å²) in [4.78, 5) is 6.19. The Balaban J connectivity index is 2.44. The van der Waals surface area contributed by atoms with Crippen LogP contribution in [-0.4, -0.2) is 24.2 Å². The lowest BCUT2D eigenvalue weighted by Gasteiger charge is -2.18. The molecule has 0 aliphatic heterocycles. The summed E-state index contributed by atoms with van der Waals surface area (Å²) in [6, 6.07) is 3.83. The molecule has 70 valence electrons. The predicted octanol–water partition coefficient (Wildman–Crippen LogP) is 1.13. The molecule has 1 aromatic rings. The van der Waals surface area contributed by atoms with E-state index in [4.69, 9.17) is 0 Å². The minimum atomic E-state index is -0.589. The second-order valence-electron chi connectivity index (χ2n) is 3.80. The first-order chi connectivity index (χ1) is 6.13. The molecule has 1 aromatic heterocycles. The van der Waals surface area contributed by atoms with Crippen LogP contribution < -0.4 is 4.90 Å². The van der Waals surface area contributed by atoms with Gasteiger partial charge < -0.3 is 10.0 Å². The fourth-order valence-electron chi connectivity index (χ4n) is 1.50. The Kier molecular flexibility index (Phi) is 1.77. The normalized spacial score (nSPS) is 18.4. The van der Waals surface area contributed by atoms with Crippen LogP contribution in [0.5, 0.6) is 0 Å². The molecule has 1 fully saturated rings. The van der Waals surface area contributed by atoms with E-state index in [1.807, 2.05) is 31.1 Å². The van der Waals surface area contributed by atoms with Gasteiger partial charge in [0.1, 0.15) is 5.82 Å². The molecule has 3 nitrogen and oxygen atoms in total. The second-order valence-corrected chi connectivity index (χ2v) is 3.80. The predicted molar refractivity (Wildman–Crippen MR) is 51.7 cm³/mol. The van der Waals surface area contributed by atoms with Gasteiger partial charge >= 0.3 is 0 Å². The van der Waals surface area contributed by atoms with E-state index in [1.54, 1.807) is 6.20 Å². The van der Waals surface area contributed by atoms with Crippen LogP contribution in [0.1, 0.15) is 18.4 Å². The Morgan fingerprint density at radius 2 is 2.15 bits per heavy atom. The van der Waals surface area contributed by atoms with Gasteiger partial charge in [-0.05, 0) is 18.9 Å². The molecule has 0 amide bonds. The SMILES string of the molecule is CN(C)c1ncccc1C1(O)CC1. The Morgan fingerprint density at radius 3 is 2.69 bits per heavy atom. The lowest BCUT2D eigenvalue weighted by molar-refractivity contribution is 0.151. The number of pyridine rings is 1. The van der Waals surface area contributed by atoms with Gasteiger partial charge in [0, 0.05) is 25.9 Å². The number of aliphatic hydroxyl groups is 1. The molecule has 2 rings (SSSR count). The molecule has 0 aromatic carbocycles. The maximum absolute atomic E-state index is 9.96. The Bertz CT molecular complexity index is 318. The van der Waals surface area contributed by atoms with Crippen molar-refractivity contribution in [2.75, 3.05) is 19.0 Å². The third-order valence-electron chi connectivity index (χ3n) is 2.44. The van der Waals surface area contributed by atoms with Crippen LogP contribution in [0.15, 0.2) is 18.3 Å². The molecule has 0 saturated heterocycles. The van der Waals surface area contributed by atoms with Gasteiger partial charge in [0.2, 0.25) is 0 Å². The zero-order chi connectivity index (χ0) is 9.47. The van der Waals surface area contributed by atoms with Gasteiger partial charge in [0.15, 0.2) is 0 Å². The molecule has 0 atom stereocenters. The fourth-order valence-corrected chi connectivity index (χ4v) is 1.50. The van der Waals surface area contributed by atoms with E-state index >= 15 is 0 Å². The summed E-state index contributed by atoms with van der Waals surface area (Å²) in [5, 5.41) is 9.96. The fraction of sp³-hybridized carbons (Fsp3) is 0.500. The highest BCUT2D eigenvalue weighted by Crippen LogP contribution is 2.47. The summed E-state index contributed by atoms with van der Waals surface area (Å²) in [7, 11) is 3.88. The lowest BCUT2D eigenvalue weighted by Crippen LogP contribution is -2.17. The average molecular weight is 178 g/mol. The minimum absolute atomic E-state index is 0.589. The van der Waals surface area contributed by atoms with Crippen LogP contribution in [0, 0.1) is 0 Å². The molecule has 1 heterocycles. The van der Waals surface area contributed by atoms with Gasteiger partial charge in [-0.1, -0.05) is 6.07 Å². The Morgan fingerprint density at radius 1 is 1.46 bits per heavy atom. The van der Waals surface area contributed by atoms with E-state index in [2.05, 4.69) is 4.98 Å². The van der Waals surface area contributed by atoms with E-state index in [1.165, 1.54) is 0 Å². The monoisotopic (exact) mass is 178 g/mol. The molecule has 1 aliphatic carbocycles. The molecule has 0 bridgehead atoms. The first kappa shape index (κ1) is 8.51. The zero-order valence-electron chi connectivity index (χ0n) is 7.99. The summed E-state index contributed by atoms with van der Waals surface area (Å²) < 4.78 is 0. The maximum atomic E-state index is 9.96. The highest BCUT2D eigenvalue weighted by atomic mass is 16.3. The summed E-state index contributed by atoms with van der Waals surface area (Å²) in [5.74, 6) is 0.877. The Labute approximate surface area is 78.0 Å².